The second-order valence-electron chi connectivity index (χ2n) is 7.92. The number of thiophene rings is 1. The van der Waals surface area contributed by atoms with Crippen molar-refractivity contribution < 1.29 is 4.79 Å². The average molecular weight is 466 g/mol. The number of rotatable bonds is 5. The number of benzene rings is 1. The van der Waals surface area contributed by atoms with Gasteiger partial charge in [-0.15, -0.1) is 22.7 Å². The molecule has 32 heavy (non-hydrogen) atoms. The molecule has 4 aromatic rings. The Kier molecular flexibility index (Phi) is 5.86. The lowest BCUT2D eigenvalue weighted by molar-refractivity contribution is -0.132. The minimum Gasteiger partial charge on any atom is -0.340 e. The number of nitrogens with zero attached hydrogens (tertiary/aromatic N) is 4. The smallest absolute Gasteiger partial charge is 0.259 e. The van der Waals surface area contributed by atoms with Gasteiger partial charge in [-0.2, -0.15) is 0 Å². The summed E-state index contributed by atoms with van der Waals surface area (Å²) in [4.78, 5) is 43.2. The highest BCUT2D eigenvalue weighted by molar-refractivity contribution is 7.21. The zero-order valence-corrected chi connectivity index (χ0v) is 19.3. The molecular formula is C23H23N5O2S2. The van der Waals surface area contributed by atoms with E-state index in [-0.39, 0.29) is 11.5 Å². The second kappa shape index (κ2) is 8.93. The van der Waals surface area contributed by atoms with Crippen molar-refractivity contribution in [2.75, 3.05) is 26.2 Å². The number of hydrogen-bond acceptors (Lipinski definition) is 7. The molecule has 0 atom stereocenters. The molecule has 0 radical (unpaired) electrons. The molecule has 7 nitrogen and oxygen atoms in total. The van der Waals surface area contributed by atoms with Gasteiger partial charge in [0.2, 0.25) is 5.91 Å². The van der Waals surface area contributed by atoms with Crippen LogP contribution in [0.25, 0.3) is 20.7 Å². The molecule has 0 spiro atoms. The zero-order valence-electron chi connectivity index (χ0n) is 17.7. The van der Waals surface area contributed by atoms with Gasteiger partial charge < -0.3 is 9.88 Å². The van der Waals surface area contributed by atoms with Crippen LogP contribution in [0.2, 0.25) is 0 Å². The predicted octanol–water partition coefficient (Wildman–Crippen LogP) is 3.30. The lowest BCUT2D eigenvalue weighted by atomic mass is 10.2. The molecule has 0 bridgehead atoms. The summed E-state index contributed by atoms with van der Waals surface area (Å²) in [5, 5.41) is 3.47. The normalized spacial score (nSPS) is 14.8. The van der Waals surface area contributed by atoms with E-state index >= 15 is 0 Å². The molecule has 164 valence electrons. The number of aromatic nitrogens is 3. The first-order valence-electron chi connectivity index (χ1n) is 10.5. The van der Waals surface area contributed by atoms with E-state index in [0.29, 0.717) is 37.3 Å². The number of carbonyl (C=O) groups excluding carboxylic acids is 1. The van der Waals surface area contributed by atoms with Crippen molar-refractivity contribution in [3.05, 3.63) is 68.7 Å². The Morgan fingerprint density at radius 1 is 1.12 bits per heavy atom. The summed E-state index contributed by atoms with van der Waals surface area (Å²) in [5.41, 5.74) is 1.95. The second-order valence-corrected chi connectivity index (χ2v) is 9.90. The van der Waals surface area contributed by atoms with Crippen molar-refractivity contribution in [3.8, 4) is 10.4 Å². The van der Waals surface area contributed by atoms with E-state index in [9.17, 15) is 9.59 Å². The molecule has 9 heteroatoms. The van der Waals surface area contributed by atoms with Crippen LogP contribution in [0.15, 0.2) is 46.6 Å². The molecule has 1 aromatic carbocycles. The number of thiazole rings is 1. The molecule has 0 saturated carbocycles. The van der Waals surface area contributed by atoms with Crippen LogP contribution in [0.3, 0.4) is 0 Å². The van der Waals surface area contributed by atoms with Gasteiger partial charge in [-0.3, -0.25) is 14.5 Å². The molecule has 0 aliphatic carbocycles. The quantitative estimate of drug-likeness (QED) is 0.489. The fourth-order valence-electron chi connectivity index (χ4n) is 3.89. The minimum atomic E-state index is -0.101. The molecule has 1 saturated heterocycles. The summed E-state index contributed by atoms with van der Waals surface area (Å²) in [7, 11) is 0. The van der Waals surface area contributed by atoms with Gasteiger partial charge in [-0.1, -0.05) is 30.3 Å². The third kappa shape index (κ3) is 4.50. The number of H-pyrrole nitrogens is 1. The SMILES string of the molecule is Cc1csc(CC(=O)N2CCN(Cc3nc4sc(-c5ccccc5)cc4c(=O)[nH]3)CC2)n1. The minimum absolute atomic E-state index is 0.101. The number of amides is 1. The third-order valence-corrected chi connectivity index (χ3v) is 7.62. The Bertz CT molecular complexity index is 1300. The van der Waals surface area contributed by atoms with Crippen molar-refractivity contribution in [3.63, 3.8) is 0 Å². The van der Waals surface area contributed by atoms with Gasteiger partial charge in [0.15, 0.2) is 0 Å². The van der Waals surface area contributed by atoms with Gasteiger partial charge in [0.1, 0.15) is 15.7 Å². The molecule has 4 heterocycles. The summed E-state index contributed by atoms with van der Waals surface area (Å²) >= 11 is 3.08. The predicted molar refractivity (Wildman–Crippen MR) is 128 cm³/mol. The molecule has 3 aromatic heterocycles. The van der Waals surface area contributed by atoms with Crippen LogP contribution in [0.5, 0.6) is 0 Å². The molecule has 5 rings (SSSR count). The highest BCUT2D eigenvalue weighted by Gasteiger charge is 2.23. The fourth-order valence-corrected chi connectivity index (χ4v) is 5.71. The highest BCUT2D eigenvalue weighted by atomic mass is 32.1. The first kappa shape index (κ1) is 21.0. The Labute approximate surface area is 193 Å². The van der Waals surface area contributed by atoms with E-state index in [1.165, 1.54) is 11.3 Å². The number of fused-ring (bicyclic) bond motifs is 1. The number of nitrogens with one attached hydrogen (secondary N) is 1. The summed E-state index contributed by atoms with van der Waals surface area (Å²) in [6.07, 6.45) is 0.367. The largest absolute Gasteiger partial charge is 0.340 e. The molecule has 1 aliphatic heterocycles. The summed E-state index contributed by atoms with van der Waals surface area (Å²) < 4.78 is 0. The number of carbonyl (C=O) groups is 1. The molecule has 0 unspecified atom stereocenters. The lowest BCUT2D eigenvalue weighted by Gasteiger charge is -2.34. The number of aromatic amines is 1. The lowest BCUT2D eigenvalue weighted by Crippen LogP contribution is -2.49. The fraction of sp³-hybridized carbons (Fsp3) is 0.304. The van der Waals surface area contributed by atoms with Gasteiger partial charge >= 0.3 is 0 Å². The average Bonchev–Trinajstić information content (AvgIpc) is 3.41. The van der Waals surface area contributed by atoms with Crippen LogP contribution in [0.4, 0.5) is 0 Å². The number of aryl methyl sites for hydroxylation is 1. The summed E-state index contributed by atoms with van der Waals surface area (Å²) in [6.45, 7) is 5.36. The molecule has 1 aliphatic rings. The third-order valence-electron chi connectivity index (χ3n) is 5.58. The van der Waals surface area contributed by atoms with E-state index < -0.39 is 0 Å². The van der Waals surface area contributed by atoms with Crippen LogP contribution in [-0.4, -0.2) is 56.8 Å². The topological polar surface area (TPSA) is 82.2 Å². The van der Waals surface area contributed by atoms with E-state index in [2.05, 4.69) is 14.9 Å². The Balaban J connectivity index is 1.23. The summed E-state index contributed by atoms with van der Waals surface area (Å²) in [5.74, 6) is 0.793. The van der Waals surface area contributed by atoms with Crippen molar-refractivity contribution in [1.82, 2.24) is 24.8 Å². The monoisotopic (exact) mass is 465 g/mol. The first-order valence-corrected chi connectivity index (χ1v) is 12.2. The van der Waals surface area contributed by atoms with Crippen molar-refractivity contribution in [1.29, 1.82) is 0 Å². The first-order chi connectivity index (χ1) is 15.5. The number of piperazine rings is 1. The maximum atomic E-state index is 12.6. The van der Waals surface area contributed by atoms with E-state index in [1.54, 1.807) is 11.3 Å². The number of hydrogen-bond donors (Lipinski definition) is 1. The summed E-state index contributed by atoms with van der Waals surface area (Å²) in [6, 6.07) is 12.0. The Morgan fingerprint density at radius 2 is 1.91 bits per heavy atom. The molecular weight excluding hydrogens is 442 g/mol. The van der Waals surface area contributed by atoms with Crippen molar-refractivity contribution in [2.45, 2.75) is 19.9 Å². The van der Waals surface area contributed by atoms with Crippen LogP contribution >= 0.6 is 22.7 Å². The zero-order chi connectivity index (χ0) is 22.1. The van der Waals surface area contributed by atoms with Crippen LogP contribution in [0.1, 0.15) is 16.5 Å². The van der Waals surface area contributed by atoms with E-state index in [0.717, 1.165) is 39.1 Å². The van der Waals surface area contributed by atoms with Crippen LogP contribution in [-0.2, 0) is 17.8 Å². The van der Waals surface area contributed by atoms with E-state index in [4.69, 9.17) is 4.98 Å². The molecule has 1 fully saturated rings. The van der Waals surface area contributed by atoms with Crippen molar-refractivity contribution in [2.24, 2.45) is 0 Å². The van der Waals surface area contributed by atoms with Crippen LogP contribution < -0.4 is 5.56 Å². The molecule has 1 N–H and O–H groups in total. The molecule has 1 amide bonds. The van der Waals surface area contributed by atoms with Gasteiger partial charge in [-0.05, 0) is 18.6 Å². The Hall–Kier alpha value is -2.88. The van der Waals surface area contributed by atoms with E-state index in [1.807, 2.05) is 53.6 Å². The standard InChI is InChI=1S/C23H23N5O2S2/c1-15-14-31-20(24-15)12-21(29)28-9-7-27(8-10-28)13-19-25-22(30)17-11-18(32-23(17)26-19)16-5-3-2-4-6-16/h2-6,11,14H,7-10,12-13H2,1H3,(H,25,26,30). The highest BCUT2D eigenvalue weighted by Crippen LogP contribution is 2.30. The van der Waals surface area contributed by atoms with Gasteiger partial charge in [0.25, 0.3) is 5.56 Å². The van der Waals surface area contributed by atoms with Gasteiger partial charge in [0.05, 0.1) is 18.4 Å². The maximum absolute atomic E-state index is 12.6. The van der Waals surface area contributed by atoms with Crippen LogP contribution in [0, 0.1) is 6.92 Å². The van der Waals surface area contributed by atoms with Gasteiger partial charge in [-0.25, -0.2) is 9.97 Å². The van der Waals surface area contributed by atoms with Gasteiger partial charge in [0, 0.05) is 42.1 Å². The van der Waals surface area contributed by atoms with Crippen molar-refractivity contribution >= 4 is 38.8 Å². The Morgan fingerprint density at radius 3 is 2.62 bits per heavy atom. The maximum Gasteiger partial charge on any atom is 0.259 e.